The van der Waals surface area contributed by atoms with Crippen LogP contribution < -0.4 is 15.8 Å². The van der Waals surface area contributed by atoms with E-state index in [2.05, 4.69) is 10.3 Å². The van der Waals surface area contributed by atoms with E-state index in [4.69, 9.17) is 10.5 Å². The first-order valence-corrected chi connectivity index (χ1v) is 6.80. The summed E-state index contributed by atoms with van der Waals surface area (Å²) >= 11 is 0. The van der Waals surface area contributed by atoms with E-state index < -0.39 is 0 Å². The van der Waals surface area contributed by atoms with Crippen molar-refractivity contribution in [2.75, 3.05) is 13.7 Å². The number of methoxy groups -OCH3 is 1. The minimum absolute atomic E-state index is 0.132. The third-order valence-corrected chi connectivity index (χ3v) is 3.19. The molecule has 1 atom stereocenters. The molecule has 21 heavy (non-hydrogen) atoms. The maximum absolute atomic E-state index is 12.2. The Morgan fingerprint density at radius 1 is 1.52 bits per heavy atom. The van der Waals surface area contributed by atoms with E-state index in [1.807, 2.05) is 31.2 Å². The second kappa shape index (κ2) is 6.90. The molecule has 0 spiro atoms. The average molecular weight is 288 g/mol. The van der Waals surface area contributed by atoms with Crippen molar-refractivity contribution >= 4 is 5.91 Å². The number of imidazole rings is 1. The second-order valence-corrected chi connectivity index (χ2v) is 4.76. The fraction of sp³-hybridized carbons (Fsp3) is 0.333. The van der Waals surface area contributed by atoms with Crippen LogP contribution in [0.4, 0.5) is 0 Å². The summed E-state index contributed by atoms with van der Waals surface area (Å²) in [6.45, 7) is 3.08. The standard InChI is InChI=1S/C15H20N4O2/c1-11(12-4-3-5-13(8-12)21-2)18-15(20)14-9-19(7-6-16)10-17-14/h3-5,8-11H,6-7,16H2,1-2H3,(H,18,20)/t11-/m1/s1. The molecule has 1 aromatic heterocycles. The first-order valence-electron chi connectivity index (χ1n) is 6.80. The van der Waals surface area contributed by atoms with Crippen LogP contribution in [0, 0.1) is 0 Å². The third-order valence-electron chi connectivity index (χ3n) is 3.19. The highest BCUT2D eigenvalue weighted by atomic mass is 16.5. The van der Waals surface area contributed by atoms with Crippen LogP contribution in [0.15, 0.2) is 36.8 Å². The minimum Gasteiger partial charge on any atom is -0.497 e. The maximum atomic E-state index is 12.2. The molecule has 2 aromatic rings. The summed E-state index contributed by atoms with van der Waals surface area (Å²) in [4.78, 5) is 16.2. The number of benzene rings is 1. The number of hydrogen-bond donors (Lipinski definition) is 2. The van der Waals surface area contributed by atoms with Gasteiger partial charge in [-0.1, -0.05) is 12.1 Å². The summed E-state index contributed by atoms with van der Waals surface area (Å²) < 4.78 is 6.98. The lowest BCUT2D eigenvalue weighted by Crippen LogP contribution is -2.27. The molecular formula is C15H20N4O2. The van der Waals surface area contributed by atoms with Crippen LogP contribution in [0.25, 0.3) is 0 Å². The molecule has 112 valence electrons. The van der Waals surface area contributed by atoms with Crippen LogP contribution in [-0.2, 0) is 6.54 Å². The van der Waals surface area contributed by atoms with Gasteiger partial charge in [0.05, 0.1) is 19.5 Å². The van der Waals surface area contributed by atoms with Gasteiger partial charge in [-0.15, -0.1) is 0 Å². The van der Waals surface area contributed by atoms with Crippen molar-refractivity contribution < 1.29 is 9.53 Å². The molecule has 0 radical (unpaired) electrons. The number of ether oxygens (including phenoxy) is 1. The smallest absolute Gasteiger partial charge is 0.271 e. The molecule has 1 heterocycles. The Balaban J connectivity index is 2.03. The zero-order valence-electron chi connectivity index (χ0n) is 12.2. The third kappa shape index (κ3) is 3.82. The summed E-state index contributed by atoms with van der Waals surface area (Å²) in [5.41, 5.74) is 6.83. The molecule has 3 N–H and O–H groups in total. The van der Waals surface area contributed by atoms with Gasteiger partial charge >= 0.3 is 0 Å². The van der Waals surface area contributed by atoms with Gasteiger partial charge in [0.1, 0.15) is 11.4 Å². The predicted molar refractivity (Wildman–Crippen MR) is 80.2 cm³/mol. The van der Waals surface area contributed by atoms with Crippen molar-refractivity contribution in [3.05, 3.63) is 48.0 Å². The van der Waals surface area contributed by atoms with Crippen molar-refractivity contribution in [2.45, 2.75) is 19.5 Å². The molecule has 2 rings (SSSR count). The summed E-state index contributed by atoms with van der Waals surface area (Å²) in [5.74, 6) is 0.557. The summed E-state index contributed by atoms with van der Waals surface area (Å²) in [6.07, 6.45) is 3.30. The first kappa shape index (κ1) is 15.1. The second-order valence-electron chi connectivity index (χ2n) is 4.76. The topological polar surface area (TPSA) is 82.2 Å². The van der Waals surface area contributed by atoms with Crippen LogP contribution >= 0.6 is 0 Å². The van der Waals surface area contributed by atoms with Gasteiger partial charge in [0.25, 0.3) is 5.91 Å². The molecular weight excluding hydrogens is 268 g/mol. The van der Waals surface area contributed by atoms with E-state index >= 15 is 0 Å². The van der Waals surface area contributed by atoms with E-state index in [9.17, 15) is 4.79 Å². The minimum atomic E-state index is -0.207. The van der Waals surface area contributed by atoms with Crippen LogP contribution in [0.5, 0.6) is 5.75 Å². The molecule has 6 nitrogen and oxygen atoms in total. The molecule has 0 saturated heterocycles. The Kier molecular flexibility index (Phi) is 4.94. The highest BCUT2D eigenvalue weighted by Crippen LogP contribution is 2.19. The van der Waals surface area contributed by atoms with E-state index in [1.54, 1.807) is 24.2 Å². The van der Waals surface area contributed by atoms with Crippen molar-refractivity contribution in [1.29, 1.82) is 0 Å². The van der Waals surface area contributed by atoms with E-state index in [-0.39, 0.29) is 11.9 Å². The normalized spacial score (nSPS) is 12.0. The zero-order chi connectivity index (χ0) is 15.2. The van der Waals surface area contributed by atoms with Crippen LogP contribution in [-0.4, -0.2) is 29.1 Å². The molecule has 0 aliphatic rings. The number of aromatic nitrogens is 2. The van der Waals surface area contributed by atoms with Gasteiger partial charge in [-0.3, -0.25) is 4.79 Å². The monoisotopic (exact) mass is 288 g/mol. The van der Waals surface area contributed by atoms with Crippen LogP contribution in [0.1, 0.15) is 29.0 Å². The highest BCUT2D eigenvalue weighted by Gasteiger charge is 2.14. The molecule has 1 amide bonds. The number of carbonyl (C=O) groups is 1. The first-order chi connectivity index (χ1) is 10.1. The SMILES string of the molecule is COc1cccc([C@@H](C)NC(=O)c2cn(CCN)cn2)c1. The van der Waals surface area contributed by atoms with Gasteiger partial charge < -0.3 is 20.4 Å². The fourth-order valence-corrected chi connectivity index (χ4v) is 2.01. The highest BCUT2D eigenvalue weighted by molar-refractivity contribution is 5.92. The number of carbonyl (C=O) groups excluding carboxylic acids is 1. The molecule has 6 heteroatoms. The molecule has 0 bridgehead atoms. The van der Waals surface area contributed by atoms with Crippen molar-refractivity contribution in [2.24, 2.45) is 5.73 Å². The number of nitrogens with one attached hydrogen (secondary N) is 1. The summed E-state index contributed by atoms with van der Waals surface area (Å²) in [6, 6.07) is 7.48. The van der Waals surface area contributed by atoms with Crippen molar-refractivity contribution in [1.82, 2.24) is 14.9 Å². The number of nitrogens with two attached hydrogens (primary N) is 1. The number of amides is 1. The maximum Gasteiger partial charge on any atom is 0.271 e. The molecule has 0 aliphatic carbocycles. The quantitative estimate of drug-likeness (QED) is 0.840. The lowest BCUT2D eigenvalue weighted by Gasteiger charge is -2.14. The van der Waals surface area contributed by atoms with Gasteiger partial charge in [0.2, 0.25) is 0 Å². The van der Waals surface area contributed by atoms with Crippen molar-refractivity contribution in [3.8, 4) is 5.75 Å². The summed E-state index contributed by atoms with van der Waals surface area (Å²) in [7, 11) is 1.62. The molecule has 1 aromatic carbocycles. The van der Waals surface area contributed by atoms with E-state index in [0.29, 0.717) is 18.8 Å². The van der Waals surface area contributed by atoms with Crippen molar-refractivity contribution in [3.63, 3.8) is 0 Å². The van der Waals surface area contributed by atoms with Gasteiger partial charge in [-0.05, 0) is 24.6 Å². The van der Waals surface area contributed by atoms with E-state index in [0.717, 1.165) is 11.3 Å². The van der Waals surface area contributed by atoms with Gasteiger partial charge in [0, 0.05) is 19.3 Å². The Labute approximate surface area is 123 Å². The fourth-order valence-electron chi connectivity index (χ4n) is 2.01. The average Bonchev–Trinajstić information content (AvgIpc) is 2.96. The number of rotatable bonds is 6. The Hall–Kier alpha value is -2.34. The van der Waals surface area contributed by atoms with E-state index in [1.165, 1.54) is 0 Å². The summed E-state index contributed by atoms with van der Waals surface area (Å²) in [5, 5.41) is 2.92. The number of hydrogen-bond acceptors (Lipinski definition) is 4. The molecule has 0 unspecified atom stereocenters. The predicted octanol–water partition coefficient (Wildman–Crippen LogP) is 1.34. The molecule has 0 aliphatic heterocycles. The molecule has 0 saturated carbocycles. The Morgan fingerprint density at radius 2 is 2.33 bits per heavy atom. The largest absolute Gasteiger partial charge is 0.497 e. The van der Waals surface area contributed by atoms with Gasteiger partial charge in [-0.25, -0.2) is 4.98 Å². The zero-order valence-corrected chi connectivity index (χ0v) is 12.2. The van der Waals surface area contributed by atoms with Gasteiger partial charge in [-0.2, -0.15) is 0 Å². The number of nitrogens with zero attached hydrogens (tertiary/aromatic N) is 2. The Bertz CT molecular complexity index is 609. The van der Waals surface area contributed by atoms with Crippen LogP contribution in [0.3, 0.4) is 0 Å². The lowest BCUT2D eigenvalue weighted by atomic mass is 10.1. The van der Waals surface area contributed by atoms with Gasteiger partial charge in [0.15, 0.2) is 0 Å². The lowest BCUT2D eigenvalue weighted by molar-refractivity contribution is 0.0935. The van der Waals surface area contributed by atoms with Crippen LogP contribution in [0.2, 0.25) is 0 Å². The molecule has 0 fully saturated rings. The Morgan fingerprint density at radius 3 is 3.05 bits per heavy atom.